The number of aromatic nitrogens is 2. The summed E-state index contributed by atoms with van der Waals surface area (Å²) in [4.78, 5) is 4.25. The lowest BCUT2D eigenvalue weighted by Gasteiger charge is -2.05. The van der Waals surface area contributed by atoms with Gasteiger partial charge in [-0.3, -0.25) is 0 Å². The van der Waals surface area contributed by atoms with Crippen LogP contribution >= 0.6 is 0 Å². The molecule has 0 fully saturated rings. The van der Waals surface area contributed by atoms with Crippen molar-refractivity contribution in [3.05, 3.63) is 53.4 Å². The van der Waals surface area contributed by atoms with Crippen LogP contribution in [0.25, 0.3) is 0 Å². The number of halogens is 1. The van der Waals surface area contributed by atoms with E-state index in [9.17, 15) is 4.39 Å². The fraction of sp³-hybridized carbons (Fsp3) is 0.333. The van der Waals surface area contributed by atoms with E-state index < -0.39 is 5.82 Å². The molecule has 0 unspecified atom stereocenters. The van der Waals surface area contributed by atoms with E-state index in [4.69, 9.17) is 10.00 Å². The van der Waals surface area contributed by atoms with Crippen molar-refractivity contribution in [2.75, 3.05) is 20.3 Å². The Hall–Kier alpha value is -2.23. The molecule has 0 atom stereocenters. The molecule has 21 heavy (non-hydrogen) atoms. The van der Waals surface area contributed by atoms with Crippen LogP contribution in [0.2, 0.25) is 0 Å². The first-order valence-corrected chi connectivity index (χ1v) is 6.62. The second-order valence-corrected chi connectivity index (χ2v) is 4.60. The quantitative estimate of drug-likeness (QED) is 0.787. The van der Waals surface area contributed by atoms with Crippen molar-refractivity contribution in [2.45, 2.75) is 13.1 Å². The molecular formula is C15H17FN4O. The average molecular weight is 288 g/mol. The molecule has 5 nitrogen and oxygen atoms in total. The highest BCUT2D eigenvalue weighted by Crippen LogP contribution is 2.13. The molecule has 0 aliphatic heterocycles. The van der Waals surface area contributed by atoms with Gasteiger partial charge in [-0.25, -0.2) is 9.37 Å². The maximum Gasteiger partial charge on any atom is 0.145 e. The normalized spacial score (nSPS) is 10.5. The predicted octanol–water partition coefficient (Wildman–Crippen LogP) is 1.68. The Bertz CT molecular complexity index is 633. The molecule has 1 aromatic carbocycles. The van der Waals surface area contributed by atoms with Crippen LogP contribution in [0.3, 0.4) is 0 Å². The van der Waals surface area contributed by atoms with E-state index in [-0.39, 0.29) is 5.56 Å². The Morgan fingerprint density at radius 2 is 2.33 bits per heavy atom. The molecule has 0 aliphatic carbocycles. The predicted molar refractivity (Wildman–Crippen MR) is 76.0 cm³/mol. The van der Waals surface area contributed by atoms with Crippen molar-refractivity contribution >= 4 is 0 Å². The van der Waals surface area contributed by atoms with Crippen LogP contribution in [0.4, 0.5) is 4.39 Å². The van der Waals surface area contributed by atoms with Gasteiger partial charge in [-0.05, 0) is 6.07 Å². The van der Waals surface area contributed by atoms with E-state index in [1.165, 1.54) is 6.07 Å². The number of hydrogen-bond donors (Lipinski definition) is 1. The maximum absolute atomic E-state index is 14.0. The molecule has 0 aliphatic rings. The summed E-state index contributed by atoms with van der Waals surface area (Å²) in [6.07, 6.45) is 3.52. The molecule has 1 N–H and O–H groups in total. The molecule has 110 valence electrons. The highest BCUT2D eigenvalue weighted by atomic mass is 19.1. The Morgan fingerprint density at radius 3 is 3.10 bits per heavy atom. The zero-order valence-electron chi connectivity index (χ0n) is 11.8. The monoisotopic (exact) mass is 288 g/mol. The van der Waals surface area contributed by atoms with E-state index in [2.05, 4.69) is 10.3 Å². The summed E-state index contributed by atoms with van der Waals surface area (Å²) in [5.41, 5.74) is 1.42. The Morgan fingerprint density at radius 1 is 1.48 bits per heavy atom. The van der Waals surface area contributed by atoms with Crippen molar-refractivity contribution in [2.24, 2.45) is 0 Å². The highest BCUT2D eigenvalue weighted by Gasteiger charge is 2.08. The van der Waals surface area contributed by atoms with Crippen molar-refractivity contribution < 1.29 is 9.13 Å². The summed E-state index contributed by atoms with van der Waals surface area (Å²) in [5.74, 6) is -0.464. The Labute approximate surface area is 123 Å². The molecule has 0 radical (unpaired) electrons. The number of nitrogens with zero attached hydrogens (tertiary/aromatic N) is 3. The van der Waals surface area contributed by atoms with Gasteiger partial charge in [0.05, 0.1) is 30.7 Å². The maximum atomic E-state index is 14.0. The third-order valence-electron chi connectivity index (χ3n) is 3.03. The van der Waals surface area contributed by atoms with Gasteiger partial charge in [0.15, 0.2) is 0 Å². The van der Waals surface area contributed by atoms with E-state index >= 15 is 0 Å². The van der Waals surface area contributed by atoms with Gasteiger partial charge in [0.2, 0.25) is 0 Å². The number of rotatable bonds is 7. The second kappa shape index (κ2) is 7.53. The van der Waals surface area contributed by atoms with Crippen molar-refractivity contribution in [1.82, 2.24) is 14.9 Å². The van der Waals surface area contributed by atoms with Crippen LogP contribution in [-0.2, 0) is 17.8 Å². The SMILES string of the molecule is COCCNCc1cn(Cc2cccc(C#N)c2F)cn1. The minimum atomic E-state index is -0.464. The molecule has 0 saturated heterocycles. The molecule has 0 saturated carbocycles. The fourth-order valence-electron chi connectivity index (χ4n) is 1.96. The number of ether oxygens (including phenoxy) is 1. The van der Waals surface area contributed by atoms with Crippen LogP contribution in [-0.4, -0.2) is 29.8 Å². The topological polar surface area (TPSA) is 62.9 Å². The average Bonchev–Trinajstić information content (AvgIpc) is 2.93. The number of nitriles is 1. The standard InChI is InChI=1S/C15H17FN4O/c1-21-6-5-18-8-14-10-20(11-19-14)9-13-4-2-3-12(7-17)15(13)16/h2-4,10-11,18H,5-6,8-9H2,1H3. The summed E-state index contributed by atoms with van der Waals surface area (Å²) >= 11 is 0. The lowest BCUT2D eigenvalue weighted by Crippen LogP contribution is -2.18. The number of imidazole rings is 1. The molecular weight excluding hydrogens is 271 g/mol. The number of benzene rings is 1. The van der Waals surface area contributed by atoms with Gasteiger partial charge >= 0.3 is 0 Å². The van der Waals surface area contributed by atoms with Crippen LogP contribution in [0.5, 0.6) is 0 Å². The molecule has 0 bridgehead atoms. The van der Waals surface area contributed by atoms with Crippen molar-refractivity contribution in [3.8, 4) is 6.07 Å². The summed E-state index contributed by atoms with van der Waals surface area (Å²) in [7, 11) is 1.65. The second-order valence-electron chi connectivity index (χ2n) is 4.60. The van der Waals surface area contributed by atoms with Gasteiger partial charge < -0.3 is 14.6 Å². The number of hydrogen-bond acceptors (Lipinski definition) is 4. The molecule has 6 heteroatoms. The van der Waals surface area contributed by atoms with Gasteiger partial charge in [-0.1, -0.05) is 12.1 Å². The van der Waals surface area contributed by atoms with Crippen LogP contribution in [0.15, 0.2) is 30.7 Å². The number of nitrogens with one attached hydrogen (secondary N) is 1. The van der Waals surface area contributed by atoms with Gasteiger partial charge in [0.1, 0.15) is 11.9 Å². The van der Waals surface area contributed by atoms with Crippen LogP contribution in [0.1, 0.15) is 16.8 Å². The summed E-state index contributed by atoms with van der Waals surface area (Å²) in [6.45, 7) is 2.39. The zero-order valence-corrected chi connectivity index (χ0v) is 11.8. The molecule has 0 amide bonds. The first kappa shape index (κ1) is 15.2. The van der Waals surface area contributed by atoms with Crippen molar-refractivity contribution in [3.63, 3.8) is 0 Å². The van der Waals surface area contributed by atoms with Crippen LogP contribution < -0.4 is 5.32 Å². The summed E-state index contributed by atoms with van der Waals surface area (Å²) < 4.78 is 20.7. The van der Waals surface area contributed by atoms with Gasteiger partial charge in [-0.15, -0.1) is 0 Å². The van der Waals surface area contributed by atoms with Crippen molar-refractivity contribution in [1.29, 1.82) is 5.26 Å². The third-order valence-corrected chi connectivity index (χ3v) is 3.03. The first-order chi connectivity index (χ1) is 10.2. The summed E-state index contributed by atoms with van der Waals surface area (Å²) in [5, 5.41) is 12.0. The minimum absolute atomic E-state index is 0.0640. The highest BCUT2D eigenvalue weighted by molar-refractivity contribution is 5.35. The van der Waals surface area contributed by atoms with Gasteiger partial charge in [0.25, 0.3) is 0 Å². The van der Waals surface area contributed by atoms with Gasteiger partial charge in [0, 0.05) is 32.0 Å². The zero-order chi connectivity index (χ0) is 15.1. The molecule has 1 aromatic heterocycles. The Balaban J connectivity index is 1.98. The fourth-order valence-corrected chi connectivity index (χ4v) is 1.96. The third kappa shape index (κ3) is 4.12. The van der Waals surface area contributed by atoms with Gasteiger partial charge in [-0.2, -0.15) is 5.26 Å². The van der Waals surface area contributed by atoms with E-state index in [0.29, 0.717) is 25.3 Å². The van der Waals surface area contributed by atoms with E-state index in [0.717, 1.165) is 12.2 Å². The molecule has 1 heterocycles. The lowest BCUT2D eigenvalue weighted by atomic mass is 10.1. The Kier molecular flexibility index (Phi) is 5.43. The van der Waals surface area contributed by atoms with Crippen LogP contribution in [0, 0.1) is 17.1 Å². The minimum Gasteiger partial charge on any atom is -0.383 e. The summed E-state index contributed by atoms with van der Waals surface area (Å²) in [6, 6.07) is 6.67. The molecule has 2 aromatic rings. The number of methoxy groups -OCH3 is 1. The molecule has 2 rings (SSSR count). The largest absolute Gasteiger partial charge is 0.383 e. The lowest BCUT2D eigenvalue weighted by molar-refractivity contribution is 0.199. The molecule has 0 spiro atoms. The van der Waals surface area contributed by atoms with E-state index in [1.54, 1.807) is 30.1 Å². The first-order valence-electron chi connectivity index (χ1n) is 6.62. The van der Waals surface area contributed by atoms with E-state index in [1.807, 2.05) is 12.3 Å². The smallest absolute Gasteiger partial charge is 0.145 e.